The summed E-state index contributed by atoms with van der Waals surface area (Å²) in [6, 6.07) is 3.64. The predicted octanol–water partition coefficient (Wildman–Crippen LogP) is 5.65. The summed E-state index contributed by atoms with van der Waals surface area (Å²) in [5, 5.41) is 9.93. The first-order valence-corrected chi connectivity index (χ1v) is 16.5. The number of nitrogens with zero attached hydrogens (tertiary/aromatic N) is 6. The van der Waals surface area contributed by atoms with Crippen LogP contribution in [0.3, 0.4) is 0 Å². The van der Waals surface area contributed by atoms with E-state index in [1.54, 1.807) is 16.9 Å². The molecule has 0 radical (unpaired) electrons. The molecule has 0 bridgehead atoms. The number of carbonyl (C=O) groups is 1. The van der Waals surface area contributed by atoms with Gasteiger partial charge in [-0.3, -0.25) is 9.48 Å². The van der Waals surface area contributed by atoms with Crippen molar-refractivity contribution in [1.82, 2.24) is 30.0 Å². The zero-order chi connectivity index (χ0) is 32.5. The van der Waals surface area contributed by atoms with Crippen molar-refractivity contribution in [1.29, 1.82) is 0 Å². The number of carbonyl (C=O) groups excluding carboxylic acids is 1. The Kier molecular flexibility index (Phi) is 12.1. The summed E-state index contributed by atoms with van der Waals surface area (Å²) in [5.74, 6) is 1.68. The van der Waals surface area contributed by atoms with Crippen LogP contribution in [0.5, 0.6) is 0 Å². The highest BCUT2D eigenvalue weighted by Crippen LogP contribution is 2.35. The van der Waals surface area contributed by atoms with Gasteiger partial charge in [0.15, 0.2) is 11.4 Å². The lowest BCUT2D eigenvalue weighted by atomic mass is 9.86. The smallest absolute Gasteiger partial charge is 0.284 e. The molecule has 5 rings (SSSR count). The molecule has 0 atom stereocenters. The van der Waals surface area contributed by atoms with Gasteiger partial charge in [-0.2, -0.15) is 5.10 Å². The number of rotatable bonds is 18. The molecule has 2 aliphatic carbocycles. The molecule has 252 valence electrons. The Labute approximate surface area is 270 Å². The number of aromatic nitrogens is 4. The summed E-state index contributed by atoms with van der Waals surface area (Å²) >= 11 is 0. The van der Waals surface area contributed by atoms with Gasteiger partial charge in [-0.1, -0.05) is 0 Å². The van der Waals surface area contributed by atoms with Crippen molar-refractivity contribution >= 4 is 17.4 Å². The number of hydrogen-bond donors (Lipinski definition) is 2. The summed E-state index contributed by atoms with van der Waals surface area (Å²) in [5.41, 5.74) is 0.231. The van der Waals surface area contributed by atoms with E-state index in [0.717, 1.165) is 83.7 Å². The Balaban J connectivity index is 1.12. The van der Waals surface area contributed by atoms with Crippen LogP contribution in [0, 0.1) is 11.8 Å². The first-order chi connectivity index (χ1) is 22.3. The van der Waals surface area contributed by atoms with Crippen molar-refractivity contribution in [3.8, 4) is 11.5 Å². The molecule has 0 unspecified atom stereocenters. The highest BCUT2D eigenvalue weighted by Gasteiger charge is 2.28. The zero-order valence-corrected chi connectivity index (χ0v) is 27.3. The van der Waals surface area contributed by atoms with E-state index < -0.39 is 18.0 Å². The van der Waals surface area contributed by atoms with Crippen molar-refractivity contribution < 1.29 is 22.7 Å². The number of anilines is 2. The van der Waals surface area contributed by atoms with Gasteiger partial charge in [0.2, 0.25) is 5.89 Å². The van der Waals surface area contributed by atoms with Crippen LogP contribution in [-0.2, 0) is 4.74 Å². The van der Waals surface area contributed by atoms with E-state index in [4.69, 9.17) is 9.15 Å². The number of ether oxygens (including phenoxy) is 1. The molecule has 2 aliphatic rings. The lowest BCUT2D eigenvalue weighted by Gasteiger charge is -2.31. The molecule has 2 N–H and O–H groups in total. The van der Waals surface area contributed by atoms with Crippen molar-refractivity contribution in [3.63, 3.8) is 0 Å². The van der Waals surface area contributed by atoms with Crippen LogP contribution in [-0.4, -0.2) is 91.1 Å². The van der Waals surface area contributed by atoms with Crippen molar-refractivity contribution in [2.24, 2.45) is 11.8 Å². The Morgan fingerprint density at radius 1 is 1.11 bits per heavy atom. The van der Waals surface area contributed by atoms with Gasteiger partial charge in [0.25, 0.3) is 12.3 Å². The van der Waals surface area contributed by atoms with Gasteiger partial charge in [-0.15, -0.1) is 0 Å². The number of nitrogens with one attached hydrogen (secondary N) is 2. The molecule has 0 saturated heterocycles. The number of hydrogen-bond acceptors (Lipinski definition) is 9. The van der Waals surface area contributed by atoms with Crippen molar-refractivity contribution in [3.05, 3.63) is 42.2 Å². The van der Waals surface area contributed by atoms with Crippen LogP contribution in [0.4, 0.5) is 20.3 Å². The quantitative estimate of drug-likeness (QED) is 0.170. The van der Waals surface area contributed by atoms with E-state index in [0.29, 0.717) is 17.4 Å². The zero-order valence-electron chi connectivity index (χ0n) is 27.3. The molecular weight excluding hydrogens is 594 g/mol. The number of alkyl halides is 2. The third kappa shape index (κ3) is 9.55. The maximum absolute atomic E-state index is 14.0. The fourth-order valence-electron chi connectivity index (χ4n) is 6.10. The Morgan fingerprint density at radius 3 is 2.59 bits per heavy atom. The highest BCUT2D eigenvalue weighted by molar-refractivity contribution is 6.03. The molecule has 3 aromatic heterocycles. The van der Waals surface area contributed by atoms with Crippen LogP contribution in [0.1, 0.15) is 80.0 Å². The maximum Gasteiger partial charge on any atom is 0.284 e. The number of halogens is 2. The minimum absolute atomic E-state index is 0.00218. The second-order valence-electron chi connectivity index (χ2n) is 12.8. The van der Waals surface area contributed by atoms with Crippen molar-refractivity contribution in [2.75, 3.05) is 70.8 Å². The normalized spacial score (nSPS) is 18.4. The molecule has 0 aromatic carbocycles. The monoisotopic (exact) mass is 642 g/mol. The summed E-state index contributed by atoms with van der Waals surface area (Å²) in [7, 11) is 6.09. The lowest BCUT2D eigenvalue weighted by Crippen LogP contribution is -2.30. The van der Waals surface area contributed by atoms with E-state index in [-0.39, 0.29) is 23.3 Å². The minimum atomic E-state index is -2.83. The summed E-state index contributed by atoms with van der Waals surface area (Å²) < 4.78 is 40.9. The second kappa shape index (κ2) is 16.4. The summed E-state index contributed by atoms with van der Waals surface area (Å²) in [4.78, 5) is 26.3. The standard InChI is InChI=1S/C33H48F2N8O3/c1-36-13-4-16-45-17-5-15-41(2)19-23-8-10-26(11-9-23)43-21-27(30(40-43)31(34)35)38-32(44)28-22-46-33(39-28)25-12-14-37-29(18-25)42(3)20-24-6-7-24/h12,14,18,21-24,26,31,36H,4-11,13,15-17,19-20H2,1-3H3,(H,38,44)/t23-,26-. The molecule has 0 spiro atoms. The Morgan fingerprint density at radius 2 is 1.85 bits per heavy atom. The maximum atomic E-state index is 14.0. The van der Waals surface area contributed by atoms with Gasteiger partial charge in [0.1, 0.15) is 12.1 Å². The van der Waals surface area contributed by atoms with E-state index in [9.17, 15) is 13.6 Å². The molecule has 13 heteroatoms. The average molecular weight is 643 g/mol. The minimum Gasteiger partial charge on any atom is -0.444 e. The van der Waals surface area contributed by atoms with Crippen LogP contribution in [0.25, 0.3) is 11.5 Å². The van der Waals surface area contributed by atoms with Gasteiger partial charge < -0.3 is 29.6 Å². The fourth-order valence-corrected chi connectivity index (χ4v) is 6.10. The van der Waals surface area contributed by atoms with Crippen LogP contribution in [0.15, 0.2) is 35.2 Å². The molecule has 0 aliphatic heterocycles. The topological polar surface area (TPSA) is 114 Å². The van der Waals surface area contributed by atoms with E-state index >= 15 is 0 Å². The SMILES string of the molecule is CNCCCOCCCN(C)C[C@H]1CC[C@H](n2cc(NC(=O)c3coc(-c4ccnc(N(C)CC5CC5)c4)n3)c(C(F)F)n2)CC1. The molecule has 2 saturated carbocycles. The Hall–Kier alpha value is -3.42. The fraction of sp³-hybridized carbons (Fsp3) is 0.636. The third-order valence-corrected chi connectivity index (χ3v) is 8.87. The predicted molar refractivity (Wildman–Crippen MR) is 173 cm³/mol. The van der Waals surface area contributed by atoms with Crippen LogP contribution < -0.4 is 15.5 Å². The lowest BCUT2D eigenvalue weighted by molar-refractivity contribution is 0.102. The van der Waals surface area contributed by atoms with E-state index in [2.05, 4.69) is 42.5 Å². The average Bonchev–Trinajstić information content (AvgIpc) is 3.54. The number of pyridine rings is 1. The van der Waals surface area contributed by atoms with E-state index in [1.165, 1.54) is 25.3 Å². The van der Waals surface area contributed by atoms with Crippen molar-refractivity contribution in [2.45, 2.75) is 63.8 Å². The molecule has 11 nitrogen and oxygen atoms in total. The molecule has 2 fully saturated rings. The Bertz CT molecular complexity index is 1390. The first-order valence-electron chi connectivity index (χ1n) is 16.5. The highest BCUT2D eigenvalue weighted by atomic mass is 19.3. The van der Waals surface area contributed by atoms with Gasteiger partial charge in [-0.25, -0.2) is 18.7 Å². The van der Waals surface area contributed by atoms with Gasteiger partial charge in [0, 0.05) is 57.9 Å². The molecule has 3 aromatic rings. The van der Waals surface area contributed by atoms with Gasteiger partial charge in [0.05, 0.1) is 11.7 Å². The second-order valence-corrected chi connectivity index (χ2v) is 12.8. The summed E-state index contributed by atoms with van der Waals surface area (Å²) in [6.45, 7) is 5.45. The van der Waals surface area contributed by atoms with Crippen LogP contribution in [0.2, 0.25) is 0 Å². The number of oxazole rings is 1. The first kappa shape index (κ1) is 33.9. The number of amides is 1. The molecule has 3 heterocycles. The third-order valence-electron chi connectivity index (χ3n) is 8.87. The largest absolute Gasteiger partial charge is 0.444 e. The van der Waals surface area contributed by atoms with Crippen LogP contribution >= 0.6 is 0 Å². The van der Waals surface area contributed by atoms with E-state index in [1.807, 2.05) is 20.2 Å². The van der Waals surface area contributed by atoms with Gasteiger partial charge >= 0.3 is 0 Å². The molecular formula is C33H48F2N8O3. The molecule has 46 heavy (non-hydrogen) atoms. The molecule has 1 amide bonds. The van der Waals surface area contributed by atoms with Gasteiger partial charge in [-0.05, 0) is 96.0 Å². The summed E-state index contributed by atoms with van der Waals surface area (Å²) in [6.07, 6.45) is 9.80.